The number of alkyl halides is 1. The standard InChI is InChI=1S/C19H19ClO3/c1-3-12(2)23-19(21)13-8-9-17-16(10-13)18(20)15-7-5-4-6-14(15)11-22-17/h4-10,12,18H,3,11H2,1-2H3. The Kier molecular flexibility index (Phi) is 4.58. The molecule has 0 saturated heterocycles. The molecule has 120 valence electrons. The highest BCUT2D eigenvalue weighted by Gasteiger charge is 2.24. The number of carbonyl (C=O) groups excluding carboxylic acids is 1. The van der Waals surface area contributed by atoms with Gasteiger partial charge in [-0.2, -0.15) is 0 Å². The van der Waals surface area contributed by atoms with Crippen LogP contribution < -0.4 is 4.74 Å². The van der Waals surface area contributed by atoms with Crippen LogP contribution in [0.4, 0.5) is 0 Å². The molecule has 0 aliphatic carbocycles. The number of rotatable bonds is 3. The molecule has 0 radical (unpaired) electrons. The van der Waals surface area contributed by atoms with E-state index >= 15 is 0 Å². The molecule has 1 aliphatic heterocycles. The third-order valence-corrected chi connectivity index (χ3v) is 4.58. The van der Waals surface area contributed by atoms with E-state index in [4.69, 9.17) is 21.1 Å². The number of ether oxygens (including phenoxy) is 2. The van der Waals surface area contributed by atoms with Crippen molar-refractivity contribution in [3.8, 4) is 5.75 Å². The molecule has 0 N–H and O–H groups in total. The number of hydrogen-bond acceptors (Lipinski definition) is 3. The van der Waals surface area contributed by atoms with Crippen molar-refractivity contribution in [2.45, 2.75) is 38.4 Å². The van der Waals surface area contributed by atoms with Gasteiger partial charge in [0.25, 0.3) is 0 Å². The van der Waals surface area contributed by atoms with Gasteiger partial charge in [0.05, 0.1) is 17.0 Å². The Morgan fingerprint density at radius 1 is 1.30 bits per heavy atom. The highest BCUT2D eigenvalue weighted by Crippen LogP contribution is 2.40. The van der Waals surface area contributed by atoms with Gasteiger partial charge in [0, 0.05) is 5.56 Å². The van der Waals surface area contributed by atoms with Gasteiger partial charge in [-0.1, -0.05) is 31.2 Å². The zero-order valence-electron chi connectivity index (χ0n) is 13.2. The summed E-state index contributed by atoms with van der Waals surface area (Å²) in [6.45, 7) is 4.34. The summed E-state index contributed by atoms with van der Waals surface area (Å²) in [4.78, 5) is 12.2. The van der Waals surface area contributed by atoms with Gasteiger partial charge in [0.15, 0.2) is 0 Å². The van der Waals surface area contributed by atoms with Crippen LogP contribution in [-0.2, 0) is 11.3 Å². The minimum Gasteiger partial charge on any atom is -0.489 e. The Labute approximate surface area is 141 Å². The summed E-state index contributed by atoms with van der Waals surface area (Å²) in [5, 5.41) is -0.347. The average molecular weight is 331 g/mol. The quantitative estimate of drug-likeness (QED) is 0.595. The van der Waals surface area contributed by atoms with Crippen molar-refractivity contribution in [3.05, 3.63) is 64.7 Å². The van der Waals surface area contributed by atoms with Crippen molar-refractivity contribution in [1.82, 2.24) is 0 Å². The summed E-state index contributed by atoms with van der Waals surface area (Å²) >= 11 is 6.66. The molecule has 3 rings (SSSR count). The molecule has 0 fully saturated rings. The lowest BCUT2D eigenvalue weighted by Gasteiger charge is -2.15. The number of benzene rings is 2. The van der Waals surface area contributed by atoms with E-state index in [1.807, 2.05) is 38.1 Å². The topological polar surface area (TPSA) is 35.5 Å². The Balaban J connectivity index is 1.96. The molecule has 0 aromatic heterocycles. The fourth-order valence-corrected chi connectivity index (χ4v) is 2.96. The number of carbonyl (C=O) groups is 1. The number of hydrogen-bond donors (Lipinski definition) is 0. The SMILES string of the molecule is CCC(C)OC(=O)c1ccc2c(c1)C(Cl)c1ccccc1CO2. The van der Waals surface area contributed by atoms with Gasteiger partial charge in [0.2, 0.25) is 0 Å². The van der Waals surface area contributed by atoms with Crippen LogP contribution in [0.15, 0.2) is 42.5 Å². The van der Waals surface area contributed by atoms with Crippen molar-refractivity contribution in [1.29, 1.82) is 0 Å². The maximum absolute atomic E-state index is 12.2. The molecule has 3 nitrogen and oxygen atoms in total. The highest BCUT2D eigenvalue weighted by atomic mass is 35.5. The van der Waals surface area contributed by atoms with Crippen molar-refractivity contribution < 1.29 is 14.3 Å². The number of fused-ring (bicyclic) bond motifs is 2. The van der Waals surface area contributed by atoms with Gasteiger partial charge >= 0.3 is 5.97 Å². The van der Waals surface area contributed by atoms with Crippen molar-refractivity contribution in [2.24, 2.45) is 0 Å². The van der Waals surface area contributed by atoms with Crippen LogP contribution in [0.1, 0.15) is 52.7 Å². The van der Waals surface area contributed by atoms with Crippen molar-refractivity contribution in [3.63, 3.8) is 0 Å². The van der Waals surface area contributed by atoms with E-state index in [-0.39, 0.29) is 17.5 Å². The first kappa shape index (κ1) is 15.9. The second kappa shape index (κ2) is 6.63. The summed E-state index contributed by atoms with van der Waals surface area (Å²) in [5.41, 5.74) is 3.38. The molecule has 1 aliphatic rings. The van der Waals surface area contributed by atoms with E-state index < -0.39 is 0 Å². The molecule has 0 amide bonds. The molecule has 2 atom stereocenters. The largest absolute Gasteiger partial charge is 0.489 e. The van der Waals surface area contributed by atoms with Crippen molar-refractivity contribution in [2.75, 3.05) is 0 Å². The van der Waals surface area contributed by atoms with E-state index in [2.05, 4.69) is 0 Å². The molecule has 23 heavy (non-hydrogen) atoms. The van der Waals surface area contributed by atoms with Crippen LogP contribution in [0, 0.1) is 0 Å². The average Bonchev–Trinajstić information content (AvgIpc) is 2.72. The normalized spacial score (nSPS) is 17.3. The first-order valence-electron chi connectivity index (χ1n) is 7.79. The Morgan fingerprint density at radius 3 is 2.87 bits per heavy atom. The lowest BCUT2D eigenvalue weighted by Crippen LogP contribution is -2.14. The van der Waals surface area contributed by atoms with Gasteiger partial charge in [0.1, 0.15) is 12.4 Å². The summed E-state index contributed by atoms with van der Waals surface area (Å²) < 4.78 is 11.2. The van der Waals surface area contributed by atoms with Crippen molar-refractivity contribution >= 4 is 17.6 Å². The van der Waals surface area contributed by atoms with Crippen LogP contribution in [0.25, 0.3) is 0 Å². The monoisotopic (exact) mass is 330 g/mol. The second-order valence-corrected chi connectivity index (χ2v) is 6.16. The fourth-order valence-electron chi connectivity index (χ4n) is 2.57. The van der Waals surface area contributed by atoms with E-state index in [1.165, 1.54) is 0 Å². The maximum Gasteiger partial charge on any atom is 0.338 e. The lowest BCUT2D eigenvalue weighted by molar-refractivity contribution is 0.0334. The molecule has 2 aromatic rings. The predicted molar refractivity (Wildman–Crippen MR) is 90.1 cm³/mol. The van der Waals surface area contributed by atoms with Gasteiger partial charge in [-0.15, -0.1) is 11.6 Å². The van der Waals surface area contributed by atoms with Gasteiger partial charge in [-0.25, -0.2) is 4.79 Å². The zero-order valence-corrected chi connectivity index (χ0v) is 14.0. The molecule has 0 bridgehead atoms. The summed E-state index contributed by atoms with van der Waals surface area (Å²) in [6, 6.07) is 13.2. The minimum atomic E-state index is -0.347. The number of halogens is 1. The molecule has 1 heterocycles. The second-order valence-electron chi connectivity index (χ2n) is 5.73. The van der Waals surface area contributed by atoms with E-state index in [9.17, 15) is 4.79 Å². The van der Waals surface area contributed by atoms with Crippen LogP contribution in [0.2, 0.25) is 0 Å². The first-order chi connectivity index (χ1) is 11.1. The fraction of sp³-hybridized carbons (Fsp3) is 0.316. The molecule has 0 spiro atoms. The summed E-state index contributed by atoms with van der Waals surface area (Å²) in [7, 11) is 0. The maximum atomic E-state index is 12.2. The first-order valence-corrected chi connectivity index (χ1v) is 8.23. The Hall–Kier alpha value is -2.00. The van der Waals surface area contributed by atoms with Gasteiger partial charge in [-0.3, -0.25) is 0 Å². The summed E-state index contributed by atoms with van der Waals surface area (Å²) in [6.07, 6.45) is 0.677. The lowest BCUT2D eigenvalue weighted by atomic mass is 9.98. The molecular weight excluding hydrogens is 312 g/mol. The molecule has 2 unspecified atom stereocenters. The Morgan fingerprint density at radius 2 is 2.09 bits per heavy atom. The molecule has 0 saturated carbocycles. The highest BCUT2D eigenvalue weighted by molar-refractivity contribution is 6.23. The Bertz CT molecular complexity index is 726. The third-order valence-electron chi connectivity index (χ3n) is 4.11. The van der Waals surface area contributed by atoms with Crippen LogP contribution in [-0.4, -0.2) is 12.1 Å². The van der Waals surface area contributed by atoms with Gasteiger partial charge in [-0.05, 0) is 42.7 Å². The van der Waals surface area contributed by atoms with E-state index in [1.54, 1.807) is 18.2 Å². The molecule has 2 aromatic carbocycles. The van der Waals surface area contributed by atoms with Gasteiger partial charge < -0.3 is 9.47 Å². The van der Waals surface area contributed by atoms with Crippen LogP contribution in [0.5, 0.6) is 5.75 Å². The summed E-state index contributed by atoms with van der Waals surface area (Å²) in [5.74, 6) is 0.379. The van der Waals surface area contributed by atoms with E-state index in [0.29, 0.717) is 17.9 Å². The predicted octanol–water partition coefficient (Wildman–Crippen LogP) is 4.86. The smallest absolute Gasteiger partial charge is 0.338 e. The molecule has 4 heteroatoms. The van der Waals surface area contributed by atoms with E-state index in [0.717, 1.165) is 23.1 Å². The zero-order chi connectivity index (χ0) is 16.4. The number of esters is 1. The third kappa shape index (κ3) is 3.20. The molecular formula is C19H19ClO3. The minimum absolute atomic E-state index is 0.106. The van der Waals surface area contributed by atoms with Crippen LogP contribution in [0.3, 0.4) is 0 Å². The van der Waals surface area contributed by atoms with Crippen LogP contribution >= 0.6 is 11.6 Å².